The molecular formula is C15H17N3S2. The molecule has 0 bridgehead atoms. The zero-order chi connectivity index (χ0) is 14.1. The predicted molar refractivity (Wildman–Crippen MR) is 86.5 cm³/mol. The second kappa shape index (κ2) is 5.60. The van der Waals surface area contributed by atoms with Crippen molar-refractivity contribution >= 4 is 32.9 Å². The van der Waals surface area contributed by atoms with Gasteiger partial charge >= 0.3 is 0 Å². The number of thiazole rings is 2. The normalized spacial score (nSPS) is 12.9. The maximum atomic E-state index is 4.64. The summed E-state index contributed by atoms with van der Waals surface area (Å²) in [5.41, 5.74) is 2.25. The van der Waals surface area contributed by atoms with Crippen molar-refractivity contribution in [1.82, 2.24) is 15.3 Å². The molecule has 5 heteroatoms. The number of hydrogen-bond acceptors (Lipinski definition) is 5. The van der Waals surface area contributed by atoms with Crippen molar-refractivity contribution in [2.24, 2.45) is 0 Å². The number of hydrogen-bond donors (Lipinski definition) is 1. The zero-order valence-electron chi connectivity index (χ0n) is 11.8. The van der Waals surface area contributed by atoms with Crippen LogP contribution in [0.4, 0.5) is 0 Å². The molecule has 0 aliphatic rings. The summed E-state index contributed by atoms with van der Waals surface area (Å²) in [6.45, 7) is 7.14. The smallest absolute Gasteiger partial charge is 0.108 e. The second-order valence-corrected chi connectivity index (χ2v) is 7.37. The van der Waals surface area contributed by atoms with Crippen molar-refractivity contribution in [2.45, 2.75) is 33.4 Å². The molecule has 0 aliphatic carbocycles. The van der Waals surface area contributed by atoms with E-state index in [2.05, 4.69) is 54.3 Å². The molecule has 0 amide bonds. The number of fused-ring (bicyclic) bond motifs is 1. The van der Waals surface area contributed by atoms with Crippen molar-refractivity contribution in [1.29, 1.82) is 0 Å². The standard InChI is InChI=1S/C15H17N3S2/c1-9(15-10(2)19-11(3)17-15)16-8-14-18-12-6-4-5-7-13(12)20-14/h4-7,9,16H,8H2,1-3H3. The molecule has 1 unspecified atom stereocenters. The second-order valence-electron chi connectivity index (χ2n) is 4.85. The van der Waals surface area contributed by atoms with Gasteiger partial charge in [0.2, 0.25) is 0 Å². The highest BCUT2D eigenvalue weighted by molar-refractivity contribution is 7.18. The first kappa shape index (κ1) is 13.7. The summed E-state index contributed by atoms with van der Waals surface area (Å²) < 4.78 is 1.25. The summed E-state index contributed by atoms with van der Waals surface area (Å²) in [4.78, 5) is 10.5. The van der Waals surface area contributed by atoms with E-state index in [-0.39, 0.29) is 6.04 Å². The molecule has 1 aromatic carbocycles. The number of nitrogens with one attached hydrogen (secondary N) is 1. The lowest BCUT2D eigenvalue weighted by atomic mass is 10.2. The summed E-state index contributed by atoms with van der Waals surface area (Å²) in [6, 6.07) is 8.53. The SMILES string of the molecule is Cc1nc(C(C)NCc2nc3ccccc3s2)c(C)s1. The molecule has 2 aromatic heterocycles. The van der Waals surface area contributed by atoms with Gasteiger partial charge in [-0.3, -0.25) is 0 Å². The number of aromatic nitrogens is 2. The molecule has 2 heterocycles. The van der Waals surface area contributed by atoms with Crippen LogP contribution in [0.3, 0.4) is 0 Å². The quantitative estimate of drug-likeness (QED) is 0.784. The zero-order valence-corrected chi connectivity index (χ0v) is 13.4. The lowest BCUT2D eigenvalue weighted by Gasteiger charge is -2.11. The van der Waals surface area contributed by atoms with Gasteiger partial charge in [0.1, 0.15) is 5.01 Å². The highest BCUT2D eigenvalue weighted by atomic mass is 32.1. The molecule has 3 nitrogen and oxygen atoms in total. The van der Waals surface area contributed by atoms with Crippen LogP contribution in [0.15, 0.2) is 24.3 Å². The van der Waals surface area contributed by atoms with E-state index in [1.807, 2.05) is 6.07 Å². The van der Waals surface area contributed by atoms with Gasteiger partial charge in [0, 0.05) is 17.5 Å². The van der Waals surface area contributed by atoms with E-state index in [1.165, 1.54) is 9.58 Å². The fraction of sp³-hybridized carbons (Fsp3) is 0.333. The Hall–Kier alpha value is -1.30. The van der Waals surface area contributed by atoms with E-state index >= 15 is 0 Å². The molecule has 0 saturated heterocycles. The molecule has 0 radical (unpaired) electrons. The van der Waals surface area contributed by atoms with Gasteiger partial charge in [0.25, 0.3) is 0 Å². The van der Waals surface area contributed by atoms with Gasteiger partial charge in [-0.2, -0.15) is 0 Å². The van der Waals surface area contributed by atoms with Crippen LogP contribution in [-0.4, -0.2) is 9.97 Å². The third kappa shape index (κ3) is 2.75. The van der Waals surface area contributed by atoms with E-state index < -0.39 is 0 Å². The minimum atomic E-state index is 0.256. The molecule has 3 aromatic rings. The molecule has 0 saturated carbocycles. The van der Waals surface area contributed by atoms with Crippen LogP contribution in [0.2, 0.25) is 0 Å². The maximum absolute atomic E-state index is 4.64. The monoisotopic (exact) mass is 303 g/mol. The van der Waals surface area contributed by atoms with E-state index in [1.54, 1.807) is 22.7 Å². The molecule has 0 aliphatic heterocycles. The molecule has 104 valence electrons. The van der Waals surface area contributed by atoms with Gasteiger partial charge in [-0.1, -0.05) is 12.1 Å². The molecule has 1 N–H and O–H groups in total. The van der Waals surface area contributed by atoms with Crippen molar-refractivity contribution < 1.29 is 0 Å². The summed E-state index contributed by atoms with van der Waals surface area (Å²) in [5, 5.41) is 5.78. The van der Waals surface area contributed by atoms with E-state index in [0.29, 0.717) is 0 Å². The first-order valence-corrected chi connectivity index (χ1v) is 8.28. The summed E-state index contributed by atoms with van der Waals surface area (Å²) in [5.74, 6) is 0. The average Bonchev–Trinajstić information content (AvgIpc) is 2.98. The third-order valence-electron chi connectivity index (χ3n) is 3.25. The van der Waals surface area contributed by atoms with Crippen LogP contribution in [0, 0.1) is 13.8 Å². The highest BCUT2D eigenvalue weighted by Gasteiger charge is 2.13. The van der Waals surface area contributed by atoms with Crippen LogP contribution in [0.1, 0.15) is 33.6 Å². The van der Waals surface area contributed by atoms with Gasteiger partial charge in [0.05, 0.1) is 20.9 Å². The summed E-state index contributed by atoms with van der Waals surface area (Å²) in [7, 11) is 0. The first-order valence-electron chi connectivity index (χ1n) is 6.65. The fourth-order valence-corrected chi connectivity index (χ4v) is 4.11. The number of rotatable bonds is 4. The maximum Gasteiger partial charge on any atom is 0.108 e. The van der Waals surface area contributed by atoms with Gasteiger partial charge in [-0.15, -0.1) is 22.7 Å². The lowest BCUT2D eigenvalue weighted by Crippen LogP contribution is -2.19. The van der Waals surface area contributed by atoms with Gasteiger partial charge in [0.15, 0.2) is 0 Å². The minimum absolute atomic E-state index is 0.256. The van der Waals surface area contributed by atoms with E-state index in [0.717, 1.165) is 27.8 Å². The predicted octanol–water partition coefficient (Wildman–Crippen LogP) is 4.22. The Bertz CT molecular complexity index is 697. The molecule has 0 fully saturated rings. The fourth-order valence-electron chi connectivity index (χ4n) is 2.28. The summed E-state index contributed by atoms with van der Waals surface area (Å²) in [6.07, 6.45) is 0. The van der Waals surface area contributed by atoms with Crippen molar-refractivity contribution in [3.05, 3.63) is 44.9 Å². The Balaban J connectivity index is 1.71. The van der Waals surface area contributed by atoms with Crippen molar-refractivity contribution in [3.8, 4) is 0 Å². The van der Waals surface area contributed by atoms with Crippen LogP contribution in [-0.2, 0) is 6.54 Å². The minimum Gasteiger partial charge on any atom is -0.302 e. The average molecular weight is 303 g/mol. The molecule has 0 spiro atoms. The molecule has 3 rings (SSSR count). The summed E-state index contributed by atoms with van der Waals surface area (Å²) >= 11 is 3.51. The Morgan fingerprint density at radius 2 is 1.95 bits per heavy atom. The molecular weight excluding hydrogens is 286 g/mol. The first-order chi connectivity index (χ1) is 9.63. The number of para-hydroxylation sites is 1. The van der Waals surface area contributed by atoms with Gasteiger partial charge in [-0.25, -0.2) is 9.97 Å². The Morgan fingerprint density at radius 3 is 2.65 bits per heavy atom. The largest absolute Gasteiger partial charge is 0.302 e. The van der Waals surface area contributed by atoms with Crippen LogP contribution in [0.25, 0.3) is 10.2 Å². The van der Waals surface area contributed by atoms with Gasteiger partial charge < -0.3 is 5.32 Å². The van der Waals surface area contributed by atoms with Crippen LogP contribution < -0.4 is 5.32 Å². The third-order valence-corrected chi connectivity index (χ3v) is 5.19. The lowest BCUT2D eigenvalue weighted by molar-refractivity contribution is 0.560. The number of aryl methyl sites for hydroxylation is 2. The highest BCUT2D eigenvalue weighted by Crippen LogP contribution is 2.24. The Labute approximate surface area is 126 Å². The van der Waals surface area contributed by atoms with Crippen molar-refractivity contribution in [3.63, 3.8) is 0 Å². The Kier molecular flexibility index (Phi) is 3.83. The van der Waals surface area contributed by atoms with E-state index in [9.17, 15) is 0 Å². The molecule has 1 atom stereocenters. The van der Waals surface area contributed by atoms with Crippen LogP contribution >= 0.6 is 22.7 Å². The van der Waals surface area contributed by atoms with Crippen molar-refractivity contribution in [2.75, 3.05) is 0 Å². The van der Waals surface area contributed by atoms with Gasteiger partial charge in [-0.05, 0) is 32.9 Å². The van der Waals surface area contributed by atoms with E-state index in [4.69, 9.17) is 0 Å². The number of nitrogens with zero attached hydrogens (tertiary/aromatic N) is 2. The van der Waals surface area contributed by atoms with Crippen LogP contribution in [0.5, 0.6) is 0 Å². The number of benzene rings is 1. The Morgan fingerprint density at radius 1 is 1.15 bits per heavy atom. The molecule has 20 heavy (non-hydrogen) atoms. The topological polar surface area (TPSA) is 37.8 Å².